The first kappa shape index (κ1) is 19.1. The van der Waals surface area contributed by atoms with E-state index in [1.54, 1.807) is 29.8 Å². The Morgan fingerprint density at radius 3 is 2.65 bits per heavy atom. The highest BCUT2D eigenvalue weighted by molar-refractivity contribution is 7.13. The predicted octanol–water partition coefficient (Wildman–Crippen LogP) is 4.52. The number of nitro groups is 1. The SMILES string of the molecule is Cc1cc2oc3c(c(=O)c2cc1C)C(c1cccc([N+](=O)[O-])c1)N(c1nccs1)C3=O. The minimum atomic E-state index is -0.879. The largest absolute Gasteiger partial charge is 0.450 e. The highest BCUT2D eigenvalue weighted by Crippen LogP contribution is 2.42. The molecule has 0 fully saturated rings. The topological polar surface area (TPSA) is 107 Å². The summed E-state index contributed by atoms with van der Waals surface area (Å²) < 4.78 is 5.94. The van der Waals surface area contributed by atoms with Crippen molar-refractivity contribution in [3.63, 3.8) is 0 Å². The average Bonchev–Trinajstić information content (AvgIpc) is 3.36. The first-order valence-corrected chi connectivity index (χ1v) is 10.3. The zero-order valence-corrected chi connectivity index (χ0v) is 17.3. The lowest BCUT2D eigenvalue weighted by atomic mass is 9.97. The molecule has 0 spiro atoms. The minimum absolute atomic E-state index is 0.0625. The van der Waals surface area contributed by atoms with Crippen LogP contribution in [0.3, 0.4) is 0 Å². The normalized spacial score (nSPS) is 15.5. The number of hydrogen-bond donors (Lipinski definition) is 0. The summed E-state index contributed by atoms with van der Waals surface area (Å²) in [6, 6.07) is 8.54. The van der Waals surface area contributed by atoms with E-state index >= 15 is 0 Å². The first-order valence-electron chi connectivity index (χ1n) is 9.42. The van der Waals surface area contributed by atoms with E-state index in [0.29, 0.717) is 21.7 Å². The van der Waals surface area contributed by atoms with E-state index in [-0.39, 0.29) is 22.4 Å². The van der Waals surface area contributed by atoms with Gasteiger partial charge in [0.2, 0.25) is 5.76 Å². The molecular weight excluding hydrogens is 418 g/mol. The van der Waals surface area contributed by atoms with Gasteiger partial charge in [-0.1, -0.05) is 12.1 Å². The maximum atomic E-state index is 13.6. The third-order valence-electron chi connectivity index (χ3n) is 5.51. The second kappa shape index (κ2) is 6.85. The van der Waals surface area contributed by atoms with Crippen LogP contribution >= 0.6 is 11.3 Å². The van der Waals surface area contributed by atoms with Gasteiger partial charge in [0.25, 0.3) is 11.6 Å². The number of carbonyl (C=O) groups excluding carboxylic acids is 1. The Hall–Kier alpha value is -3.85. The second-order valence-corrected chi connectivity index (χ2v) is 8.22. The monoisotopic (exact) mass is 433 g/mol. The number of anilines is 1. The molecule has 0 aliphatic carbocycles. The maximum absolute atomic E-state index is 13.6. The number of aromatic nitrogens is 1. The number of nitrogens with zero attached hydrogens (tertiary/aromatic N) is 3. The fraction of sp³-hybridized carbons (Fsp3) is 0.136. The van der Waals surface area contributed by atoms with Crippen molar-refractivity contribution in [1.82, 2.24) is 4.98 Å². The molecule has 1 amide bonds. The molecule has 2 aromatic heterocycles. The van der Waals surface area contributed by atoms with Crippen molar-refractivity contribution in [1.29, 1.82) is 0 Å². The summed E-state index contributed by atoms with van der Waals surface area (Å²) in [6.07, 6.45) is 1.55. The smallest absolute Gasteiger partial charge is 0.297 e. The molecule has 8 nitrogen and oxygen atoms in total. The Balaban J connectivity index is 1.84. The predicted molar refractivity (Wildman–Crippen MR) is 116 cm³/mol. The highest BCUT2D eigenvalue weighted by Gasteiger charge is 2.45. The molecule has 1 aliphatic rings. The summed E-state index contributed by atoms with van der Waals surface area (Å²) in [4.78, 5) is 43.4. The summed E-state index contributed by atoms with van der Waals surface area (Å²) >= 11 is 1.23. The van der Waals surface area contributed by atoms with Crippen LogP contribution in [-0.2, 0) is 0 Å². The van der Waals surface area contributed by atoms with Crippen LogP contribution in [0.2, 0.25) is 0 Å². The van der Waals surface area contributed by atoms with Crippen LogP contribution in [0.5, 0.6) is 0 Å². The fourth-order valence-electron chi connectivity index (χ4n) is 3.88. The van der Waals surface area contributed by atoms with Gasteiger partial charge in [0.1, 0.15) is 5.58 Å². The molecule has 1 unspecified atom stereocenters. The third kappa shape index (κ3) is 2.85. The zero-order chi connectivity index (χ0) is 21.9. The van der Waals surface area contributed by atoms with Gasteiger partial charge in [-0.2, -0.15) is 0 Å². The Morgan fingerprint density at radius 1 is 1.16 bits per heavy atom. The van der Waals surface area contributed by atoms with Gasteiger partial charge in [0, 0.05) is 23.7 Å². The van der Waals surface area contributed by atoms with Crippen molar-refractivity contribution in [3.8, 4) is 0 Å². The van der Waals surface area contributed by atoms with Crippen LogP contribution in [0.1, 0.15) is 38.9 Å². The quantitative estimate of drug-likeness (QED) is 0.347. The van der Waals surface area contributed by atoms with Crippen LogP contribution in [0.15, 0.2) is 57.2 Å². The zero-order valence-electron chi connectivity index (χ0n) is 16.5. The summed E-state index contributed by atoms with van der Waals surface area (Å²) in [5.41, 5.74) is 2.33. The molecule has 0 radical (unpaired) electrons. The van der Waals surface area contributed by atoms with Crippen LogP contribution in [0, 0.1) is 24.0 Å². The van der Waals surface area contributed by atoms with Crippen molar-refractivity contribution in [3.05, 3.63) is 96.3 Å². The average molecular weight is 433 g/mol. The van der Waals surface area contributed by atoms with Crippen molar-refractivity contribution in [2.75, 3.05) is 4.90 Å². The molecule has 0 bridgehead atoms. The minimum Gasteiger partial charge on any atom is -0.450 e. The molecule has 31 heavy (non-hydrogen) atoms. The van der Waals surface area contributed by atoms with Crippen LogP contribution < -0.4 is 10.3 Å². The first-order chi connectivity index (χ1) is 14.9. The van der Waals surface area contributed by atoms with Crippen molar-refractivity contribution in [2.24, 2.45) is 0 Å². The number of non-ortho nitro benzene ring substituents is 1. The Morgan fingerprint density at radius 2 is 1.94 bits per heavy atom. The van der Waals surface area contributed by atoms with E-state index in [1.165, 1.54) is 34.4 Å². The van der Waals surface area contributed by atoms with Gasteiger partial charge in [0.15, 0.2) is 10.6 Å². The van der Waals surface area contributed by atoms with Crippen molar-refractivity contribution >= 4 is 39.0 Å². The molecule has 1 aliphatic heterocycles. The van der Waals surface area contributed by atoms with Gasteiger partial charge in [-0.15, -0.1) is 11.3 Å². The molecular formula is C22H15N3O5S. The molecule has 4 aromatic rings. The molecule has 0 saturated heterocycles. The van der Waals surface area contributed by atoms with Gasteiger partial charge in [-0.3, -0.25) is 24.6 Å². The molecule has 0 N–H and O–H groups in total. The molecule has 9 heteroatoms. The number of thiazole rings is 1. The number of amides is 1. The van der Waals surface area contributed by atoms with E-state index < -0.39 is 16.9 Å². The Kier molecular flexibility index (Phi) is 4.23. The summed E-state index contributed by atoms with van der Waals surface area (Å²) in [7, 11) is 0. The van der Waals surface area contributed by atoms with Crippen LogP contribution in [0.4, 0.5) is 10.8 Å². The Labute approximate surface area is 179 Å². The van der Waals surface area contributed by atoms with E-state index in [2.05, 4.69) is 4.98 Å². The van der Waals surface area contributed by atoms with Crippen molar-refractivity contribution in [2.45, 2.75) is 19.9 Å². The van der Waals surface area contributed by atoms with E-state index in [4.69, 9.17) is 4.42 Å². The Bertz CT molecular complexity index is 1440. The van der Waals surface area contributed by atoms with Gasteiger partial charge in [0.05, 0.1) is 21.9 Å². The molecule has 0 saturated carbocycles. The lowest BCUT2D eigenvalue weighted by molar-refractivity contribution is -0.384. The standard InChI is InChI=1S/C22H15N3O5S/c1-11-8-15-16(9-12(11)2)30-20-17(19(15)26)18(13-4-3-5-14(10-13)25(28)29)24(21(20)27)22-23-6-7-31-22/h3-10,18H,1-2H3. The molecule has 154 valence electrons. The number of benzene rings is 2. The summed E-state index contributed by atoms with van der Waals surface area (Å²) in [5.74, 6) is -0.564. The highest BCUT2D eigenvalue weighted by atomic mass is 32.1. The van der Waals surface area contributed by atoms with Crippen LogP contribution in [0.25, 0.3) is 11.0 Å². The molecule has 1 atom stereocenters. The van der Waals surface area contributed by atoms with Crippen molar-refractivity contribution < 1.29 is 14.1 Å². The van der Waals surface area contributed by atoms with Crippen LogP contribution in [-0.4, -0.2) is 15.8 Å². The van der Waals surface area contributed by atoms with Gasteiger partial charge in [-0.05, 0) is 42.7 Å². The maximum Gasteiger partial charge on any atom is 0.297 e. The number of hydrogen-bond acceptors (Lipinski definition) is 7. The third-order valence-corrected chi connectivity index (χ3v) is 6.28. The van der Waals surface area contributed by atoms with E-state index in [1.807, 2.05) is 13.8 Å². The van der Waals surface area contributed by atoms with Gasteiger partial charge >= 0.3 is 0 Å². The van der Waals surface area contributed by atoms with Gasteiger partial charge < -0.3 is 4.42 Å². The molecule has 5 rings (SSSR count). The molecule has 3 heterocycles. The lowest BCUT2D eigenvalue weighted by Gasteiger charge is -2.22. The summed E-state index contributed by atoms with van der Waals surface area (Å²) in [5, 5.41) is 13.8. The summed E-state index contributed by atoms with van der Waals surface area (Å²) in [6.45, 7) is 3.80. The number of carbonyl (C=O) groups is 1. The number of fused-ring (bicyclic) bond motifs is 2. The lowest BCUT2D eigenvalue weighted by Crippen LogP contribution is -2.29. The van der Waals surface area contributed by atoms with E-state index in [0.717, 1.165) is 11.1 Å². The van der Waals surface area contributed by atoms with E-state index in [9.17, 15) is 19.7 Å². The molecule has 2 aromatic carbocycles. The fourth-order valence-corrected chi connectivity index (χ4v) is 4.55. The van der Waals surface area contributed by atoms with Gasteiger partial charge in [-0.25, -0.2) is 4.98 Å². The number of rotatable bonds is 3. The second-order valence-electron chi connectivity index (χ2n) is 7.35. The number of aryl methyl sites for hydroxylation is 2. The number of nitro benzene ring substituents is 1.